The molecule has 0 radical (unpaired) electrons. The van der Waals surface area contributed by atoms with Gasteiger partial charge in [0.1, 0.15) is 34.5 Å². The SMILES string of the molecule is COC(=O)c1sccc1-c1ccc2cc(O)ccc2c1Oc1ccc(OCCN2CCCCC2)cc1.Cl. The number of phenolic OH excluding ortho intramolecular Hbond substituents is 1. The number of hydrogen-bond acceptors (Lipinski definition) is 7. The summed E-state index contributed by atoms with van der Waals surface area (Å²) in [5.41, 5.74) is 1.52. The Balaban J connectivity index is 0.00000320. The first kappa shape index (κ1) is 26.8. The number of methoxy groups -OCH3 is 1. The van der Waals surface area contributed by atoms with Crippen LogP contribution in [0.4, 0.5) is 0 Å². The number of esters is 1. The molecule has 0 spiro atoms. The van der Waals surface area contributed by atoms with Crippen molar-refractivity contribution in [2.24, 2.45) is 0 Å². The van der Waals surface area contributed by atoms with Crippen LogP contribution in [-0.2, 0) is 4.74 Å². The standard InChI is InChI=1S/C29H29NO5S.ClH/c1-33-29(32)28-26(13-18-36-28)25-11-5-20-19-21(31)6-12-24(20)27(25)35-23-9-7-22(8-10-23)34-17-16-30-14-3-2-4-15-30;/h5-13,18-19,31H,2-4,14-17H2,1H3;1H. The number of piperidine rings is 1. The Morgan fingerprint density at radius 1 is 0.946 bits per heavy atom. The molecular weight excluding hydrogens is 510 g/mol. The van der Waals surface area contributed by atoms with Crippen LogP contribution in [0.5, 0.6) is 23.0 Å². The fraction of sp³-hybridized carbons (Fsp3) is 0.276. The number of likely N-dealkylation sites (tertiary alicyclic amines) is 1. The molecule has 2 heterocycles. The number of ether oxygens (including phenoxy) is 3. The Kier molecular flexibility index (Phi) is 8.92. The zero-order valence-corrected chi connectivity index (χ0v) is 22.3. The summed E-state index contributed by atoms with van der Waals surface area (Å²) < 4.78 is 17.4. The summed E-state index contributed by atoms with van der Waals surface area (Å²) in [6.07, 6.45) is 3.87. The van der Waals surface area contributed by atoms with Gasteiger partial charge in [-0.1, -0.05) is 12.5 Å². The lowest BCUT2D eigenvalue weighted by molar-refractivity contribution is 0.0607. The van der Waals surface area contributed by atoms with Crippen LogP contribution in [0.1, 0.15) is 28.9 Å². The molecular formula is C29H30ClNO5S. The topological polar surface area (TPSA) is 68.2 Å². The molecule has 0 aliphatic carbocycles. The zero-order valence-electron chi connectivity index (χ0n) is 20.6. The summed E-state index contributed by atoms with van der Waals surface area (Å²) in [7, 11) is 1.38. The average molecular weight is 540 g/mol. The van der Waals surface area contributed by atoms with Crippen LogP contribution >= 0.6 is 23.7 Å². The normalized spacial score (nSPS) is 13.6. The number of benzene rings is 3. The van der Waals surface area contributed by atoms with Crippen molar-refractivity contribution in [1.29, 1.82) is 0 Å². The van der Waals surface area contributed by atoms with Crippen LogP contribution in [-0.4, -0.2) is 49.3 Å². The summed E-state index contributed by atoms with van der Waals surface area (Å²) in [5, 5.41) is 13.5. The zero-order chi connectivity index (χ0) is 24.9. The molecule has 0 atom stereocenters. The number of carbonyl (C=O) groups excluding carboxylic acids is 1. The van der Waals surface area contributed by atoms with Crippen molar-refractivity contribution in [3.8, 4) is 34.1 Å². The number of aromatic hydroxyl groups is 1. The summed E-state index contributed by atoms with van der Waals surface area (Å²) in [4.78, 5) is 15.3. The molecule has 1 N–H and O–H groups in total. The maximum absolute atomic E-state index is 12.4. The quantitative estimate of drug-likeness (QED) is 0.240. The van der Waals surface area contributed by atoms with E-state index in [-0.39, 0.29) is 24.1 Å². The number of thiophene rings is 1. The van der Waals surface area contributed by atoms with Crippen molar-refractivity contribution in [2.45, 2.75) is 19.3 Å². The predicted octanol–water partition coefficient (Wildman–Crippen LogP) is 7.14. The molecule has 1 saturated heterocycles. The van der Waals surface area contributed by atoms with Gasteiger partial charge in [-0.2, -0.15) is 0 Å². The lowest BCUT2D eigenvalue weighted by Crippen LogP contribution is -2.33. The van der Waals surface area contributed by atoms with Gasteiger partial charge in [-0.15, -0.1) is 23.7 Å². The Bertz CT molecular complexity index is 1350. The Hall–Kier alpha value is -3.26. The van der Waals surface area contributed by atoms with Crippen molar-refractivity contribution in [3.63, 3.8) is 0 Å². The van der Waals surface area contributed by atoms with Crippen LogP contribution in [0.25, 0.3) is 21.9 Å². The van der Waals surface area contributed by atoms with E-state index >= 15 is 0 Å². The number of carbonyl (C=O) groups is 1. The lowest BCUT2D eigenvalue weighted by Gasteiger charge is -2.26. The second kappa shape index (κ2) is 12.3. The number of nitrogens with zero attached hydrogens (tertiary/aromatic N) is 1. The highest BCUT2D eigenvalue weighted by Gasteiger charge is 2.20. The second-order valence-corrected chi connectivity index (χ2v) is 9.74. The smallest absolute Gasteiger partial charge is 0.348 e. The highest BCUT2D eigenvalue weighted by Crippen LogP contribution is 2.43. The molecule has 0 amide bonds. The van der Waals surface area contributed by atoms with E-state index in [4.69, 9.17) is 14.2 Å². The third-order valence-electron chi connectivity index (χ3n) is 6.45. The molecule has 5 rings (SSSR count). The van der Waals surface area contributed by atoms with E-state index in [1.807, 2.05) is 53.9 Å². The molecule has 0 unspecified atom stereocenters. The first-order valence-electron chi connectivity index (χ1n) is 12.2. The van der Waals surface area contributed by atoms with Crippen LogP contribution in [0, 0.1) is 0 Å². The van der Waals surface area contributed by atoms with Crippen molar-refractivity contribution in [3.05, 3.63) is 70.9 Å². The van der Waals surface area contributed by atoms with Crippen LogP contribution in [0.2, 0.25) is 0 Å². The van der Waals surface area contributed by atoms with Gasteiger partial charge in [-0.25, -0.2) is 4.79 Å². The number of rotatable bonds is 8. The van der Waals surface area contributed by atoms with Gasteiger partial charge < -0.3 is 19.3 Å². The van der Waals surface area contributed by atoms with Gasteiger partial charge in [0.15, 0.2) is 0 Å². The minimum Gasteiger partial charge on any atom is -0.508 e. The summed E-state index contributed by atoms with van der Waals surface area (Å²) in [5.74, 6) is 1.85. The van der Waals surface area contributed by atoms with E-state index in [0.717, 1.165) is 47.3 Å². The molecule has 0 saturated carbocycles. The number of fused-ring (bicyclic) bond motifs is 1. The summed E-state index contributed by atoms with van der Waals surface area (Å²) in [6, 6.07) is 18.4. The van der Waals surface area contributed by atoms with E-state index in [2.05, 4.69) is 4.90 Å². The van der Waals surface area contributed by atoms with Crippen molar-refractivity contribution in [2.75, 3.05) is 33.4 Å². The van der Waals surface area contributed by atoms with Crippen LogP contribution < -0.4 is 9.47 Å². The number of phenols is 1. The maximum atomic E-state index is 12.4. The molecule has 1 aliphatic rings. The minimum atomic E-state index is -0.386. The molecule has 1 aliphatic heterocycles. The fourth-order valence-corrected chi connectivity index (χ4v) is 5.40. The third kappa shape index (κ3) is 6.18. The van der Waals surface area contributed by atoms with E-state index in [1.165, 1.54) is 37.7 Å². The predicted molar refractivity (Wildman–Crippen MR) is 150 cm³/mol. The van der Waals surface area contributed by atoms with Crippen LogP contribution in [0.15, 0.2) is 66.0 Å². The van der Waals surface area contributed by atoms with Gasteiger partial charge in [0.25, 0.3) is 0 Å². The lowest BCUT2D eigenvalue weighted by atomic mass is 9.99. The summed E-state index contributed by atoms with van der Waals surface area (Å²) in [6.45, 7) is 3.91. The largest absolute Gasteiger partial charge is 0.508 e. The van der Waals surface area contributed by atoms with E-state index in [1.54, 1.807) is 12.1 Å². The molecule has 0 bridgehead atoms. The average Bonchev–Trinajstić information content (AvgIpc) is 3.39. The van der Waals surface area contributed by atoms with E-state index in [9.17, 15) is 9.90 Å². The van der Waals surface area contributed by atoms with Gasteiger partial charge in [0.2, 0.25) is 0 Å². The van der Waals surface area contributed by atoms with Crippen molar-refractivity contribution >= 4 is 40.5 Å². The van der Waals surface area contributed by atoms with Crippen molar-refractivity contribution in [1.82, 2.24) is 4.90 Å². The third-order valence-corrected chi connectivity index (χ3v) is 7.34. The maximum Gasteiger partial charge on any atom is 0.348 e. The first-order chi connectivity index (χ1) is 17.6. The fourth-order valence-electron chi connectivity index (χ4n) is 4.58. The molecule has 4 aromatic rings. The van der Waals surface area contributed by atoms with Gasteiger partial charge in [0, 0.05) is 23.1 Å². The van der Waals surface area contributed by atoms with E-state index < -0.39 is 0 Å². The van der Waals surface area contributed by atoms with Gasteiger partial charge in [-0.3, -0.25) is 4.90 Å². The van der Waals surface area contributed by atoms with Gasteiger partial charge in [0.05, 0.1) is 7.11 Å². The number of halogens is 1. The number of hydrogen-bond donors (Lipinski definition) is 1. The molecule has 8 heteroatoms. The van der Waals surface area contributed by atoms with Crippen molar-refractivity contribution < 1.29 is 24.1 Å². The Morgan fingerprint density at radius 2 is 1.70 bits per heavy atom. The van der Waals surface area contributed by atoms with E-state index in [0.29, 0.717) is 23.0 Å². The van der Waals surface area contributed by atoms with Gasteiger partial charge >= 0.3 is 5.97 Å². The molecule has 6 nitrogen and oxygen atoms in total. The Morgan fingerprint density at radius 3 is 2.46 bits per heavy atom. The molecule has 1 aromatic heterocycles. The minimum absolute atomic E-state index is 0. The highest BCUT2D eigenvalue weighted by molar-refractivity contribution is 7.12. The first-order valence-corrected chi connectivity index (χ1v) is 13.1. The monoisotopic (exact) mass is 539 g/mol. The molecule has 194 valence electrons. The molecule has 37 heavy (non-hydrogen) atoms. The Labute approximate surface area is 226 Å². The van der Waals surface area contributed by atoms with Crippen LogP contribution in [0.3, 0.4) is 0 Å². The second-order valence-electron chi connectivity index (χ2n) is 8.83. The van der Waals surface area contributed by atoms with Gasteiger partial charge in [-0.05, 0) is 91.3 Å². The molecule has 1 fully saturated rings. The highest BCUT2D eigenvalue weighted by atomic mass is 35.5. The molecule has 3 aromatic carbocycles. The summed E-state index contributed by atoms with van der Waals surface area (Å²) >= 11 is 1.33.